The van der Waals surface area contributed by atoms with Crippen LogP contribution in [0.1, 0.15) is 33.3 Å². The van der Waals surface area contributed by atoms with Crippen molar-refractivity contribution in [2.24, 2.45) is 0 Å². The number of amides is 1. The minimum atomic E-state index is -0.731. The molecule has 0 saturated carbocycles. The van der Waals surface area contributed by atoms with Crippen LogP contribution in [0.15, 0.2) is 41.5 Å². The summed E-state index contributed by atoms with van der Waals surface area (Å²) in [6.45, 7) is 7.73. The molecule has 130 valence electrons. The smallest absolute Gasteiger partial charge is 0.411 e. The van der Waals surface area contributed by atoms with Crippen LogP contribution in [0, 0.1) is 0 Å². The van der Waals surface area contributed by atoms with Crippen LogP contribution in [0.2, 0.25) is 0 Å². The predicted molar refractivity (Wildman–Crippen MR) is 91.6 cm³/mol. The monoisotopic (exact) mass is 331 g/mol. The van der Waals surface area contributed by atoms with E-state index in [2.05, 4.69) is 0 Å². The van der Waals surface area contributed by atoms with E-state index >= 15 is 0 Å². The molecule has 1 atom stereocenters. The van der Waals surface area contributed by atoms with Gasteiger partial charge in [0.05, 0.1) is 7.11 Å². The number of carbonyl (C=O) groups excluding carboxylic acids is 2. The van der Waals surface area contributed by atoms with Gasteiger partial charge >= 0.3 is 12.1 Å². The topological polar surface area (TPSA) is 55.8 Å². The van der Waals surface area contributed by atoms with Gasteiger partial charge in [0.25, 0.3) is 0 Å². The van der Waals surface area contributed by atoms with Gasteiger partial charge in [0.2, 0.25) is 0 Å². The van der Waals surface area contributed by atoms with Crippen molar-refractivity contribution in [2.45, 2.75) is 45.8 Å². The van der Waals surface area contributed by atoms with Crippen molar-refractivity contribution in [3.05, 3.63) is 47.0 Å². The third-order valence-corrected chi connectivity index (χ3v) is 3.89. The molecule has 0 unspecified atom stereocenters. The Morgan fingerprint density at radius 3 is 2.38 bits per heavy atom. The molecule has 0 fully saturated rings. The van der Waals surface area contributed by atoms with Crippen LogP contribution in [0.25, 0.3) is 0 Å². The van der Waals surface area contributed by atoms with Crippen LogP contribution in [0.5, 0.6) is 0 Å². The predicted octanol–water partition coefficient (Wildman–Crippen LogP) is 3.34. The van der Waals surface area contributed by atoms with E-state index in [0.717, 1.165) is 16.7 Å². The molecule has 0 spiro atoms. The summed E-state index contributed by atoms with van der Waals surface area (Å²) in [5.41, 5.74) is 2.37. The Morgan fingerprint density at radius 2 is 1.83 bits per heavy atom. The second kappa shape index (κ2) is 7.07. The van der Waals surface area contributed by atoms with Gasteiger partial charge in [-0.2, -0.15) is 0 Å². The fourth-order valence-electron chi connectivity index (χ4n) is 2.80. The first-order valence-electron chi connectivity index (χ1n) is 8.03. The molecule has 1 aromatic rings. The summed E-state index contributed by atoms with van der Waals surface area (Å²) in [7, 11) is 1.34. The van der Waals surface area contributed by atoms with Gasteiger partial charge in [-0.25, -0.2) is 9.59 Å². The lowest BCUT2D eigenvalue weighted by Gasteiger charge is -2.28. The van der Waals surface area contributed by atoms with Crippen LogP contribution in [-0.4, -0.2) is 42.3 Å². The molecule has 0 saturated heterocycles. The van der Waals surface area contributed by atoms with E-state index in [1.807, 2.05) is 37.3 Å². The van der Waals surface area contributed by atoms with Crippen LogP contribution in [0.3, 0.4) is 0 Å². The van der Waals surface area contributed by atoms with Gasteiger partial charge in [-0.1, -0.05) is 35.9 Å². The molecule has 0 radical (unpaired) electrons. The third-order valence-electron chi connectivity index (χ3n) is 3.89. The molecule has 2 rings (SSSR count). The summed E-state index contributed by atoms with van der Waals surface area (Å²) in [5, 5.41) is 0. The average molecular weight is 331 g/mol. The molecule has 0 bridgehead atoms. The van der Waals surface area contributed by atoms with Crippen LogP contribution >= 0.6 is 0 Å². The molecule has 1 heterocycles. The summed E-state index contributed by atoms with van der Waals surface area (Å²) in [4.78, 5) is 26.3. The number of rotatable bonds is 3. The molecule has 5 nitrogen and oxygen atoms in total. The number of nitrogens with zero attached hydrogens (tertiary/aromatic N) is 1. The summed E-state index contributed by atoms with van der Waals surface area (Å²) in [6, 6.07) is 9.14. The number of benzene rings is 1. The molecule has 5 heteroatoms. The molecule has 1 aromatic carbocycles. The van der Waals surface area contributed by atoms with Crippen molar-refractivity contribution >= 4 is 12.1 Å². The van der Waals surface area contributed by atoms with Crippen LogP contribution in [0.4, 0.5) is 4.79 Å². The SMILES string of the molecule is COC(=O)[C@@H]1C(Cc2ccccc2)=C(C)CN1C(=O)OC(C)(C)C. The largest absolute Gasteiger partial charge is 0.467 e. The quantitative estimate of drug-likeness (QED) is 0.630. The van der Waals surface area contributed by atoms with E-state index < -0.39 is 23.7 Å². The number of hydrogen-bond donors (Lipinski definition) is 0. The number of esters is 1. The summed E-state index contributed by atoms with van der Waals surface area (Å²) in [6.07, 6.45) is 0.103. The zero-order valence-corrected chi connectivity index (χ0v) is 15.0. The molecule has 0 N–H and O–H groups in total. The minimum absolute atomic E-state index is 0.372. The van der Waals surface area contributed by atoms with Crippen molar-refractivity contribution in [1.82, 2.24) is 4.90 Å². The molecular formula is C19H25NO4. The summed E-state index contributed by atoms with van der Waals surface area (Å²) >= 11 is 0. The highest BCUT2D eigenvalue weighted by atomic mass is 16.6. The van der Waals surface area contributed by atoms with E-state index in [-0.39, 0.29) is 0 Å². The van der Waals surface area contributed by atoms with Crippen LogP contribution < -0.4 is 0 Å². The first-order chi connectivity index (χ1) is 11.2. The lowest BCUT2D eigenvalue weighted by atomic mass is 9.97. The second-order valence-electron chi connectivity index (χ2n) is 7.00. The zero-order chi connectivity index (χ0) is 17.9. The van der Waals surface area contributed by atoms with Gasteiger partial charge in [0.1, 0.15) is 5.60 Å². The van der Waals surface area contributed by atoms with E-state index in [9.17, 15) is 9.59 Å². The van der Waals surface area contributed by atoms with E-state index in [0.29, 0.717) is 13.0 Å². The first-order valence-corrected chi connectivity index (χ1v) is 8.03. The molecule has 1 aliphatic rings. The van der Waals surface area contributed by atoms with Crippen molar-refractivity contribution in [1.29, 1.82) is 0 Å². The molecule has 1 aliphatic heterocycles. The fraction of sp³-hybridized carbons (Fsp3) is 0.474. The number of carbonyl (C=O) groups is 2. The van der Waals surface area contributed by atoms with Crippen molar-refractivity contribution in [3.63, 3.8) is 0 Å². The standard InChI is InChI=1S/C19H25NO4/c1-13-12-20(18(22)24-19(2,3)4)16(17(21)23-5)15(13)11-14-9-7-6-8-10-14/h6-10,16H,11-12H2,1-5H3/t16-/m0/s1. The highest BCUT2D eigenvalue weighted by Crippen LogP contribution is 2.30. The molecule has 1 amide bonds. The number of hydrogen-bond acceptors (Lipinski definition) is 4. The van der Waals surface area contributed by atoms with Gasteiger partial charge in [0.15, 0.2) is 6.04 Å². The minimum Gasteiger partial charge on any atom is -0.467 e. The summed E-state index contributed by atoms with van der Waals surface area (Å²) in [5.74, 6) is -0.441. The number of ether oxygens (including phenoxy) is 2. The summed E-state index contributed by atoms with van der Waals surface area (Å²) < 4.78 is 10.4. The average Bonchev–Trinajstić information content (AvgIpc) is 2.83. The molecule has 0 aromatic heterocycles. The maximum absolute atomic E-state index is 12.5. The van der Waals surface area contributed by atoms with Gasteiger partial charge in [0, 0.05) is 6.54 Å². The molecule has 24 heavy (non-hydrogen) atoms. The number of methoxy groups -OCH3 is 1. The lowest BCUT2D eigenvalue weighted by molar-refractivity contribution is -0.144. The second-order valence-corrected chi connectivity index (χ2v) is 7.00. The van der Waals surface area contributed by atoms with Crippen molar-refractivity contribution < 1.29 is 19.1 Å². The third kappa shape index (κ3) is 4.16. The maximum atomic E-state index is 12.5. The van der Waals surface area contributed by atoms with Crippen molar-refractivity contribution in [2.75, 3.05) is 13.7 Å². The highest BCUT2D eigenvalue weighted by Gasteiger charge is 2.41. The maximum Gasteiger partial charge on any atom is 0.411 e. The molecular weight excluding hydrogens is 306 g/mol. The van der Waals surface area contributed by atoms with Crippen molar-refractivity contribution in [3.8, 4) is 0 Å². The fourth-order valence-corrected chi connectivity index (χ4v) is 2.80. The van der Waals surface area contributed by atoms with E-state index in [1.165, 1.54) is 12.0 Å². The Labute approximate surface area is 143 Å². The Kier molecular flexibility index (Phi) is 5.32. The van der Waals surface area contributed by atoms with E-state index in [4.69, 9.17) is 9.47 Å². The Balaban J connectivity index is 2.27. The first kappa shape index (κ1) is 18.0. The normalized spacial score (nSPS) is 17.9. The Hall–Kier alpha value is -2.30. The Morgan fingerprint density at radius 1 is 1.21 bits per heavy atom. The van der Waals surface area contributed by atoms with Gasteiger partial charge in [-0.3, -0.25) is 4.90 Å². The van der Waals surface area contributed by atoms with Gasteiger partial charge < -0.3 is 9.47 Å². The molecule has 0 aliphatic carbocycles. The van der Waals surface area contributed by atoms with Gasteiger partial charge in [-0.05, 0) is 45.3 Å². The van der Waals surface area contributed by atoms with E-state index in [1.54, 1.807) is 20.8 Å². The van der Waals surface area contributed by atoms with Crippen LogP contribution in [-0.2, 0) is 20.7 Å². The zero-order valence-electron chi connectivity index (χ0n) is 15.0. The highest BCUT2D eigenvalue weighted by molar-refractivity contribution is 5.86. The van der Waals surface area contributed by atoms with Gasteiger partial charge in [-0.15, -0.1) is 0 Å². The Bertz CT molecular complexity index is 643. The lowest BCUT2D eigenvalue weighted by Crippen LogP contribution is -2.45.